The number of anilines is 1. The molecule has 1 atom stereocenters. The van der Waals surface area contributed by atoms with Crippen molar-refractivity contribution in [3.63, 3.8) is 0 Å². The summed E-state index contributed by atoms with van der Waals surface area (Å²) in [6, 6.07) is 0. The van der Waals surface area contributed by atoms with Crippen molar-refractivity contribution in [1.29, 1.82) is 0 Å². The van der Waals surface area contributed by atoms with Gasteiger partial charge in [-0.2, -0.15) is 0 Å². The molecule has 1 aliphatic rings. The van der Waals surface area contributed by atoms with Gasteiger partial charge < -0.3 is 10.0 Å². The second-order valence-corrected chi connectivity index (χ2v) is 6.28. The van der Waals surface area contributed by atoms with E-state index in [-0.39, 0.29) is 6.61 Å². The van der Waals surface area contributed by atoms with E-state index in [4.69, 9.17) is 5.11 Å². The molecule has 1 aromatic rings. The fraction of sp³-hybridized carbons (Fsp3) is 0.769. The fourth-order valence-corrected chi connectivity index (χ4v) is 3.32. The number of nitrogens with zero attached hydrogens (tertiary/aromatic N) is 2. The molecule has 1 unspecified atom stereocenters. The van der Waals surface area contributed by atoms with E-state index in [9.17, 15) is 0 Å². The van der Waals surface area contributed by atoms with Crippen LogP contribution in [-0.4, -0.2) is 23.2 Å². The lowest BCUT2D eigenvalue weighted by molar-refractivity contribution is 0.285. The largest absolute Gasteiger partial charge is 0.391 e. The standard InChI is InChI=1S/C13H22N2OS/c1-10(2)11-4-3-6-15(7-5-11)13-14-8-12(9-16)17-13/h8,10-11,16H,3-7,9H2,1-2H3. The molecule has 2 heterocycles. The average Bonchev–Trinajstić information content (AvgIpc) is 2.65. The molecule has 1 aromatic heterocycles. The van der Waals surface area contributed by atoms with E-state index in [1.165, 1.54) is 19.3 Å². The summed E-state index contributed by atoms with van der Waals surface area (Å²) >= 11 is 1.62. The van der Waals surface area contributed by atoms with Gasteiger partial charge in [-0.25, -0.2) is 4.98 Å². The zero-order valence-electron chi connectivity index (χ0n) is 10.7. The Morgan fingerprint density at radius 1 is 1.47 bits per heavy atom. The maximum absolute atomic E-state index is 9.07. The van der Waals surface area contributed by atoms with Crippen LogP contribution in [0, 0.1) is 11.8 Å². The molecule has 0 bridgehead atoms. The van der Waals surface area contributed by atoms with Crippen molar-refractivity contribution in [1.82, 2.24) is 4.98 Å². The van der Waals surface area contributed by atoms with Gasteiger partial charge in [0.15, 0.2) is 5.13 Å². The first-order chi connectivity index (χ1) is 8.20. The predicted molar refractivity (Wildman–Crippen MR) is 72.4 cm³/mol. The first kappa shape index (κ1) is 12.8. The van der Waals surface area contributed by atoms with E-state index in [0.29, 0.717) is 0 Å². The highest BCUT2D eigenvalue weighted by molar-refractivity contribution is 7.15. The van der Waals surface area contributed by atoms with E-state index in [2.05, 4.69) is 23.7 Å². The minimum absolute atomic E-state index is 0.111. The van der Waals surface area contributed by atoms with Crippen LogP contribution in [0.5, 0.6) is 0 Å². The van der Waals surface area contributed by atoms with E-state index in [1.807, 2.05) is 0 Å². The first-order valence-electron chi connectivity index (χ1n) is 6.51. The van der Waals surface area contributed by atoms with E-state index < -0.39 is 0 Å². The Labute approximate surface area is 107 Å². The number of rotatable bonds is 3. The summed E-state index contributed by atoms with van der Waals surface area (Å²) in [7, 11) is 0. The van der Waals surface area contributed by atoms with Gasteiger partial charge >= 0.3 is 0 Å². The van der Waals surface area contributed by atoms with Crippen molar-refractivity contribution < 1.29 is 5.11 Å². The van der Waals surface area contributed by atoms with Crippen molar-refractivity contribution in [3.8, 4) is 0 Å². The molecule has 0 saturated carbocycles. The van der Waals surface area contributed by atoms with E-state index in [0.717, 1.165) is 34.9 Å². The summed E-state index contributed by atoms with van der Waals surface area (Å²) in [5.41, 5.74) is 0. The smallest absolute Gasteiger partial charge is 0.185 e. The molecule has 3 nitrogen and oxygen atoms in total. The van der Waals surface area contributed by atoms with Crippen LogP contribution in [0.25, 0.3) is 0 Å². The Morgan fingerprint density at radius 2 is 2.29 bits per heavy atom. The molecule has 1 saturated heterocycles. The van der Waals surface area contributed by atoms with Crippen molar-refractivity contribution >= 4 is 16.5 Å². The third kappa shape index (κ3) is 3.19. The van der Waals surface area contributed by atoms with Crippen molar-refractivity contribution in [2.45, 2.75) is 39.7 Å². The van der Waals surface area contributed by atoms with Crippen LogP contribution < -0.4 is 4.90 Å². The Balaban J connectivity index is 1.98. The average molecular weight is 254 g/mol. The summed E-state index contributed by atoms with van der Waals surface area (Å²) in [5, 5.41) is 10.2. The number of hydrogen-bond acceptors (Lipinski definition) is 4. The summed E-state index contributed by atoms with van der Waals surface area (Å²) < 4.78 is 0. The molecule has 0 aromatic carbocycles. The van der Waals surface area contributed by atoms with Crippen LogP contribution in [0.2, 0.25) is 0 Å². The molecule has 1 N–H and O–H groups in total. The SMILES string of the molecule is CC(C)C1CCCN(c2ncc(CO)s2)CC1. The molecule has 1 fully saturated rings. The van der Waals surface area contributed by atoms with Crippen LogP contribution in [0.1, 0.15) is 38.0 Å². The molecule has 0 spiro atoms. The second-order valence-electron chi connectivity index (χ2n) is 5.19. The zero-order valence-corrected chi connectivity index (χ0v) is 11.5. The lowest BCUT2D eigenvalue weighted by Crippen LogP contribution is -2.24. The summed E-state index contributed by atoms with van der Waals surface area (Å²) in [5.74, 6) is 1.65. The van der Waals surface area contributed by atoms with Gasteiger partial charge in [0.05, 0.1) is 11.5 Å². The van der Waals surface area contributed by atoms with Crippen LogP contribution in [-0.2, 0) is 6.61 Å². The Morgan fingerprint density at radius 3 is 2.94 bits per heavy atom. The minimum Gasteiger partial charge on any atom is -0.391 e. The molecule has 0 amide bonds. The predicted octanol–water partition coefficient (Wildman–Crippen LogP) is 2.90. The first-order valence-corrected chi connectivity index (χ1v) is 7.33. The molecular formula is C13H22N2OS. The van der Waals surface area contributed by atoms with Crippen molar-refractivity contribution in [2.24, 2.45) is 11.8 Å². The third-order valence-electron chi connectivity index (χ3n) is 3.68. The molecule has 0 radical (unpaired) electrons. The van der Waals surface area contributed by atoms with Crippen LogP contribution in [0.3, 0.4) is 0 Å². The van der Waals surface area contributed by atoms with Crippen molar-refractivity contribution in [3.05, 3.63) is 11.1 Å². The minimum atomic E-state index is 0.111. The molecule has 96 valence electrons. The quantitative estimate of drug-likeness (QED) is 0.901. The highest BCUT2D eigenvalue weighted by Crippen LogP contribution is 2.29. The molecule has 4 heteroatoms. The topological polar surface area (TPSA) is 36.4 Å². The highest BCUT2D eigenvalue weighted by Gasteiger charge is 2.20. The molecule has 17 heavy (non-hydrogen) atoms. The lowest BCUT2D eigenvalue weighted by atomic mass is 9.89. The summed E-state index contributed by atoms with van der Waals surface area (Å²) in [6.45, 7) is 6.99. The van der Waals surface area contributed by atoms with Crippen LogP contribution >= 0.6 is 11.3 Å². The van der Waals surface area contributed by atoms with Gasteiger partial charge in [0.25, 0.3) is 0 Å². The molecule has 0 aliphatic carbocycles. The van der Waals surface area contributed by atoms with Gasteiger partial charge in [0.1, 0.15) is 0 Å². The maximum Gasteiger partial charge on any atom is 0.185 e. The van der Waals surface area contributed by atoms with Gasteiger partial charge in [-0.05, 0) is 31.1 Å². The monoisotopic (exact) mass is 254 g/mol. The number of hydrogen-bond donors (Lipinski definition) is 1. The molecular weight excluding hydrogens is 232 g/mol. The van der Waals surface area contributed by atoms with Gasteiger partial charge in [-0.1, -0.05) is 25.2 Å². The normalized spacial score (nSPS) is 21.9. The van der Waals surface area contributed by atoms with Gasteiger partial charge in [0, 0.05) is 19.3 Å². The fourth-order valence-electron chi connectivity index (χ4n) is 2.50. The van der Waals surface area contributed by atoms with Gasteiger partial charge in [-0.15, -0.1) is 0 Å². The number of thiazole rings is 1. The van der Waals surface area contributed by atoms with Crippen molar-refractivity contribution in [2.75, 3.05) is 18.0 Å². The Bertz CT molecular complexity index is 351. The summed E-state index contributed by atoms with van der Waals surface area (Å²) in [6.07, 6.45) is 5.67. The Kier molecular flexibility index (Phi) is 4.40. The van der Waals surface area contributed by atoms with Crippen LogP contribution in [0.15, 0.2) is 6.20 Å². The zero-order chi connectivity index (χ0) is 12.3. The number of aliphatic hydroxyl groups is 1. The highest BCUT2D eigenvalue weighted by atomic mass is 32.1. The lowest BCUT2D eigenvalue weighted by Gasteiger charge is -2.20. The second kappa shape index (κ2) is 5.83. The molecule has 1 aliphatic heterocycles. The van der Waals surface area contributed by atoms with E-state index in [1.54, 1.807) is 17.5 Å². The molecule has 2 rings (SSSR count). The number of aromatic nitrogens is 1. The van der Waals surface area contributed by atoms with Gasteiger partial charge in [-0.3, -0.25) is 0 Å². The van der Waals surface area contributed by atoms with Gasteiger partial charge in [0.2, 0.25) is 0 Å². The third-order valence-corrected chi connectivity index (χ3v) is 4.73. The Hall–Kier alpha value is -0.610. The maximum atomic E-state index is 9.07. The summed E-state index contributed by atoms with van der Waals surface area (Å²) in [4.78, 5) is 7.75. The van der Waals surface area contributed by atoms with Crippen LogP contribution in [0.4, 0.5) is 5.13 Å². The van der Waals surface area contributed by atoms with E-state index >= 15 is 0 Å². The number of aliphatic hydroxyl groups excluding tert-OH is 1.